The summed E-state index contributed by atoms with van der Waals surface area (Å²) in [6.07, 6.45) is 3.34. The number of hydrogen-bond acceptors (Lipinski definition) is 6. The number of hydrogen-bond donors (Lipinski definition) is 2. The second-order valence-corrected chi connectivity index (χ2v) is 9.19. The molecule has 1 amide bonds. The Hall–Kier alpha value is -2.63. The van der Waals surface area contributed by atoms with Crippen molar-refractivity contribution in [3.8, 4) is 11.3 Å². The molecule has 2 N–H and O–H groups in total. The quantitative estimate of drug-likeness (QED) is 0.670. The maximum atomic E-state index is 14.1. The number of sulfonamides is 1. The van der Waals surface area contributed by atoms with Crippen molar-refractivity contribution in [1.29, 1.82) is 0 Å². The van der Waals surface area contributed by atoms with Crippen LogP contribution in [0.3, 0.4) is 0 Å². The Morgan fingerprint density at radius 1 is 1.32 bits per heavy atom. The van der Waals surface area contributed by atoms with Gasteiger partial charge in [0.05, 0.1) is 22.3 Å². The van der Waals surface area contributed by atoms with E-state index in [2.05, 4.69) is 20.1 Å². The highest BCUT2D eigenvalue weighted by Crippen LogP contribution is 2.38. The van der Waals surface area contributed by atoms with Crippen LogP contribution >= 0.6 is 11.3 Å². The summed E-state index contributed by atoms with van der Waals surface area (Å²) in [6.45, 7) is 0. The zero-order chi connectivity index (χ0) is 20.1. The van der Waals surface area contributed by atoms with Gasteiger partial charge in [0.15, 0.2) is 5.13 Å². The molecule has 11 heteroatoms. The monoisotopic (exact) mass is 421 g/mol. The third-order valence-corrected chi connectivity index (χ3v) is 7.03. The van der Waals surface area contributed by atoms with E-state index >= 15 is 0 Å². The van der Waals surface area contributed by atoms with Crippen LogP contribution in [0.25, 0.3) is 11.3 Å². The minimum absolute atomic E-state index is 0.194. The first-order chi connectivity index (χ1) is 13.3. The Morgan fingerprint density at radius 3 is 2.86 bits per heavy atom. The average Bonchev–Trinajstić information content (AvgIpc) is 3.24. The van der Waals surface area contributed by atoms with Crippen LogP contribution in [0, 0.1) is 5.82 Å². The van der Waals surface area contributed by atoms with Gasteiger partial charge in [-0.2, -0.15) is 5.10 Å². The van der Waals surface area contributed by atoms with Crippen LogP contribution in [0.2, 0.25) is 0 Å². The topological polar surface area (TPSA) is 106 Å². The lowest BCUT2D eigenvalue weighted by Gasteiger charge is -2.10. The number of carbonyl (C=O) groups excluding carboxylic acids is 1. The van der Waals surface area contributed by atoms with E-state index in [9.17, 15) is 17.6 Å². The molecule has 1 aromatic carbocycles. The van der Waals surface area contributed by atoms with Crippen molar-refractivity contribution in [2.75, 3.05) is 12.4 Å². The van der Waals surface area contributed by atoms with Crippen LogP contribution in [0.4, 0.5) is 9.52 Å². The third-order valence-electron chi connectivity index (χ3n) is 4.58. The summed E-state index contributed by atoms with van der Waals surface area (Å²) in [5.41, 5.74) is 2.40. The number of rotatable bonds is 4. The van der Waals surface area contributed by atoms with Gasteiger partial charge in [-0.05, 0) is 38.1 Å². The first-order valence-electron chi connectivity index (χ1n) is 8.35. The molecule has 0 radical (unpaired) electrons. The number of anilines is 1. The van der Waals surface area contributed by atoms with Gasteiger partial charge in [0.2, 0.25) is 10.0 Å². The molecule has 0 aliphatic heterocycles. The molecular weight excluding hydrogens is 405 g/mol. The number of nitrogens with zero attached hydrogens (tertiary/aromatic N) is 3. The van der Waals surface area contributed by atoms with Gasteiger partial charge in [-0.25, -0.2) is 22.5 Å². The lowest BCUT2D eigenvalue weighted by Crippen LogP contribution is -2.20. The molecule has 0 bridgehead atoms. The Morgan fingerprint density at radius 2 is 2.11 bits per heavy atom. The molecule has 4 rings (SSSR count). The van der Waals surface area contributed by atoms with E-state index in [1.165, 1.54) is 18.4 Å². The zero-order valence-electron chi connectivity index (χ0n) is 15.0. The SMILES string of the molecule is CNS(=O)(=O)c1ccc(F)c(C(=O)Nc2nc3c(s2)CCc2c-3cnn2C)c1. The fourth-order valence-electron chi connectivity index (χ4n) is 3.10. The molecule has 0 saturated carbocycles. The molecule has 1 aliphatic carbocycles. The van der Waals surface area contributed by atoms with Crippen molar-refractivity contribution >= 4 is 32.4 Å². The number of aromatic nitrogens is 3. The van der Waals surface area contributed by atoms with Gasteiger partial charge in [-0.1, -0.05) is 0 Å². The first kappa shape index (κ1) is 18.7. The molecule has 0 unspecified atom stereocenters. The second kappa shape index (κ2) is 6.76. The number of aryl methyl sites for hydroxylation is 2. The minimum Gasteiger partial charge on any atom is -0.298 e. The van der Waals surface area contributed by atoms with Gasteiger partial charge < -0.3 is 0 Å². The molecule has 0 saturated heterocycles. The number of fused-ring (bicyclic) bond motifs is 3. The lowest BCUT2D eigenvalue weighted by molar-refractivity contribution is 0.102. The van der Waals surface area contributed by atoms with Crippen molar-refractivity contribution in [3.05, 3.63) is 46.3 Å². The predicted molar refractivity (Wildman–Crippen MR) is 102 cm³/mol. The van der Waals surface area contributed by atoms with Crippen molar-refractivity contribution in [2.45, 2.75) is 17.7 Å². The van der Waals surface area contributed by atoms with Crippen molar-refractivity contribution in [1.82, 2.24) is 19.5 Å². The van der Waals surface area contributed by atoms with Crippen molar-refractivity contribution in [3.63, 3.8) is 0 Å². The van der Waals surface area contributed by atoms with Gasteiger partial charge in [-0.15, -0.1) is 11.3 Å². The average molecular weight is 421 g/mol. The molecule has 0 spiro atoms. The normalized spacial score (nSPS) is 13.1. The fourth-order valence-corrected chi connectivity index (χ4v) is 4.83. The number of amides is 1. The molecule has 146 valence electrons. The molecule has 3 aromatic rings. The summed E-state index contributed by atoms with van der Waals surface area (Å²) in [5.74, 6) is -1.58. The molecule has 0 atom stereocenters. The van der Waals surface area contributed by atoms with Gasteiger partial charge >= 0.3 is 0 Å². The largest absolute Gasteiger partial charge is 0.298 e. The first-order valence-corrected chi connectivity index (χ1v) is 10.7. The van der Waals surface area contributed by atoms with Gasteiger partial charge in [-0.3, -0.25) is 14.8 Å². The zero-order valence-corrected chi connectivity index (χ0v) is 16.6. The van der Waals surface area contributed by atoms with Crippen LogP contribution in [-0.4, -0.2) is 36.1 Å². The number of thiazole rings is 1. The maximum Gasteiger partial charge on any atom is 0.260 e. The highest BCUT2D eigenvalue weighted by atomic mass is 32.2. The molecule has 2 heterocycles. The molecule has 1 aliphatic rings. The van der Waals surface area contributed by atoms with E-state index in [0.717, 1.165) is 52.9 Å². The Labute approximate surface area is 164 Å². The summed E-state index contributed by atoms with van der Waals surface area (Å²) < 4.78 is 41.9. The Kier molecular flexibility index (Phi) is 4.52. The van der Waals surface area contributed by atoms with Crippen LogP contribution < -0.4 is 10.0 Å². The van der Waals surface area contributed by atoms with E-state index in [1.54, 1.807) is 10.9 Å². The summed E-state index contributed by atoms with van der Waals surface area (Å²) in [4.78, 5) is 17.8. The van der Waals surface area contributed by atoms with E-state index in [-0.39, 0.29) is 10.5 Å². The smallest absolute Gasteiger partial charge is 0.260 e. The van der Waals surface area contributed by atoms with Crippen LogP contribution in [0.5, 0.6) is 0 Å². The van der Waals surface area contributed by atoms with Crippen molar-refractivity contribution < 1.29 is 17.6 Å². The van der Waals surface area contributed by atoms with E-state index in [1.807, 2.05) is 7.05 Å². The second-order valence-electron chi connectivity index (χ2n) is 6.22. The standard InChI is InChI=1S/C17H16FN5O3S2/c1-19-28(25,26)9-3-4-12(18)10(7-9)16(24)22-17-21-15-11-8-20-23(2)13(11)5-6-14(15)27-17/h3-4,7-8,19H,5-6H2,1-2H3,(H,21,22,24). The van der Waals surface area contributed by atoms with E-state index < -0.39 is 21.7 Å². The Bertz CT molecular complexity index is 1200. The summed E-state index contributed by atoms with van der Waals surface area (Å²) in [7, 11) is -0.686. The number of nitrogens with one attached hydrogen (secondary N) is 2. The highest BCUT2D eigenvalue weighted by molar-refractivity contribution is 7.89. The van der Waals surface area contributed by atoms with Crippen LogP contribution in [-0.2, 0) is 29.9 Å². The molecule has 2 aromatic heterocycles. The van der Waals surface area contributed by atoms with Gasteiger partial charge in [0, 0.05) is 23.2 Å². The minimum atomic E-state index is -3.80. The van der Waals surface area contributed by atoms with Crippen LogP contribution in [0.1, 0.15) is 20.9 Å². The van der Waals surface area contributed by atoms with Crippen LogP contribution in [0.15, 0.2) is 29.3 Å². The number of halogens is 1. The molecule has 28 heavy (non-hydrogen) atoms. The molecule has 0 fully saturated rings. The molecular formula is C17H16FN5O3S2. The maximum absolute atomic E-state index is 14.1. The van der Waals surface area contributed by atoms with E-state index in [0.29, 0.717) is 5.13 Å². The summed E-state index contributed by atoms with van der Waals surface area (Å²) >= 11 is 1.32. The predicted octanol–water partition coefficient (Wildman–Crippen LogP) is 1.94. The molecule has 8 nitrogen and oxygen atoms in total. The fraction of sp³-hybridized carbons (Fsp3) is 0.235. The lowest BCUT2D eigenvalue weighted by atomic mass is 10.0. The highest BCUT2D eigenvalue weighted by Gasteiger charge is 2.25. The summed E-state index contributed by atoms with van der Waals surface area (Å²) in [6, 6.07) is 3.06. The van der Waals surface area contributed by atoms with E-state index in [4.69, 9.17) is 0 Å². The van der Waals surface area contributed by atoms with Gasteiger partial charge in [0.1, 0.15) is 5.82 Å². The Balaban J connectivity index is 1.64. The number of carbonyl (C=O) groups is 1. The summed E-state index contributed by atoms with van der Waals surface area (Å²) in [5, 5.41) is 7.15. The third kappa shape index (κ3) is 3.11. The van der Waals surface area contributed by atoms with Crippen molar-refractivity contribution in [2.24, 2.45) is 7.05 Å². The number of benzene rings is 1. The van der Waals surface area contributed by atoms with Gasteiger partial charge in [0.25, 0.3) is 5.91 Å².